The number of ether oxygens (including phenoxy) is 1. The van der Waals surface area contributed by atoms with Crippen LogP contribution in [0.5, 0.6) is 0 Å². The second-order valence-electron chi connectivity index (χ2n) is 14.6. The number of rotatable bonds is 8. The van der Waals surface area contributed by atoms with Gasteiger partial charge >= 0.3 is 245 Å². The number of aliphatic hydroxyl groups is 1. The van der Waals surface area contributed by atoms with Gasteiger partial charge in [0.15, 0.2) is 0 Å². The molecule has 1 N–H and O–H groups in total. The van der Waals surface area contributed by atoms with Crippen molar-refractivity contribution < 1.29 is 9.84 Å². The van der Waals surface area contributed by atoms with Gasteiger partial charge in [-0.3, -0.25) is 0 Å². The van der Waals surface area contributed by atoms with Crippen LogP contribution in [0.15, 0.2) is 24.3 Å². The normalized spacial score (nSPS) is 43.4. The summed E-state index contributed by atoms with van der Waals surface area (Å²) in [6, 6.07) is 8.49. The molecule has 10 atom stereocenters. The molecule has 1 aromatic carbocycles. The van der Waals surface area contributed by atoms with Crippen LogP contribution < -0.4 is 4.46 Å². The summed E-state index contributed by atoms with van der Waals surface area (Å²) in [6.45, 7) is 12.5. The van der Waals surface area contributed by atoms with Crippen LogP contribution in [0, 0.1) is 46.3 Å². The molecule has 0 radical (unpaired) electrons. The van der Waals surface area contributed by atoms with E-state index in [2.05, 4.69) is 46.8 Å². The zero-order valence-corrected chi connectivity index (χ0v) is 27.3. The van der Waals surface area contributed by atoms with Crippen molar-refractivity contribution in [3.63, 3.8) is 0 Å². The quantitative estimate of drug-likeness (QED) is 0.301. The van der Waals surface area contributed by atoms with Gasteiger partial charge in [-0.25, -0.2) is 0 Å². The van der Waals surface area contributed by atoms with Crippen molar-refractivity contribution in [3.8, 4) is 0 Å². The van der Waals surface area contributed by atoms with Crippen LogP contribution in [0.2, 0.25) is 9.84 Å². The number of hydrogen-bond acceptors (Lipinski definition) is 2. The molecule has 5 rings (SSSR count). The Morgan fingerprint density at radius 2 is 1.74 bits per heavy atom. The molecule has 0 heterocycles. The zero-order chi connectivity index (χ0) is 27.3. The molecule has 0 spiro atoms. The zero-order valence-electron chi connectivity index (χ0n) is 24.8. The van der Waals surface area contributed by atoms with E-state index in [1.807, 2.05) is 19.2 Å². The molecule has 0 bridgehead atoms. The third kappa shape index (κ3) is 5.08. The Morgan fingerprint density at radius 1 is 1.00 bits per heavy atom. The summed E-state index contributed by atoms with van der Waals surface area (Å²) < 4.78 is 7.28. The summed E-state index contributed by atoms with van der Waals surface area (Å²) in [7, 11) is 1.84. The third-order valence-electron chi connectivity index (χ3n) is 12.4. The Balaban J connectivity index is 1.42. The van der Waals surface area contributed by atoms with Gasteiger partial charge in [0.25, 0.3) is 0 Å². The van der Waals surface area contributed by atoms with Crippen LogP contribution in [0.25, 0.3) is 0 Å². The summed E-state index contributed by atoms with van der Waals surface area (Å²) >= 11 is 6.47. The second kappa shape index (κ2) is 11.3. The Labute approximate surface area is 244 Å². The van der Waals surface area contributed by atoms with E-state index < -0.39 is 5.60 Å². The first-order chi connectivity index (χ1) is 18.0. The van der Waals surface area contributed by atoms with Crippen molar-refractivity contribution in [2.75, 3.05) is 7.11 Å². The molecule has 4 aliphatic carbocycles. The molecule has 1 aromatic rings. The van der Waals surface area contributed by atoms with Crippen LogP contribution in [-0.2, 0) is 4.74 Å². The Bertz CT molecular complexity index is 950. The topological polar surface area (TPSA) is 29.5 Å². The maximum absolute atomic E-state index is 12.8. The van der Waals surface area contributed by atoms with E-state index in [4.69, 9.17) is 16.3 Å². The molecule has 4 fully saturated rings. The minimum atomic E-state index is -0.636. The summed E-state index contributed by atoms with van der Waals surface area (Å²) in [6.07, 6.45) is 14.1. The molecule has 0 unspecified atom stereocenters. The molecule has 4 saturated carbocycles. The van der Waals surface area contributed by atoms with Crippen molar-refractivity contribution >= 4 is 31.0 Å². The van der Waals surface area contributed by atoms with E-state index in [1.54, 1.807) is 0 Å². The summed E-state index contributed by atoms with van der Waals surface area (Å²) in [4.78, 5) is 0.338. The Morgan fingerprint density at radius 3 is 2.42 bits per heavy atom. The van der Waals surface area contributed by atoms with E-state index in [-0.39, 0.29) is 26.5 Å². The van der Waals surface area contributed by atoms with Crippen LogP contribution >= 0.6 is 11.6 Å². The van der Waals surface area contributed by atoms with Crippen LogP contribution in [0.1, 0.15) is 105 Å². The van der Waals surface area contributed by atoms with Gasteiger partial charge in [0.2, 0.25) is 0 Å². The Kier molecular flexibility index (Phi) is 8.77. The van der Waals surface area contributed by atoms with Gasteiger partial charge < -0.3 is 0 Å². The second-order valence-corrected chi connectivity index (χ2v) is 17.8. The van der Waals surface area contributed by atoms with Gasteiger partial charge in [0.05, 0.1) is 0 Å². The predicted molar refractivity (Wildman–Crippen MR) is 161 cm³/mol. The standard InChI is InChI=1S/C34H53ClO2Se/c1-22(2)8-7-9-23(3)28-14-15-29-27-20-31(38-26-12-10-24(35)11-13-26)34(36)21-25(37-6)16-19-33(34,5)30(27)17-18-32(28,29)4/h10-13,22-23,25,27-31,36H,7-9,14-21H2,1-6H3/t23-,25+,27+,28-,29+,30+,31-,32-,33-,34+/m1/s1. The third-order valence-corrected chi connectivity index (χ3v) is 15.6. The van der Waals surface area contributed by atoms with Crippen molar-refractivity contribution in [1.82, 2.24) is 0 Å². The van der Waals surface area contributed by atoms with Gasteiger partial charge in [-0.15, -0.1) is 0 Å². The average molecular weight is 608 g/mol. The maximum atomic E-state index is 12.8. The molecule has 0 aliphatic heterocycles. The summed E-state index contributed by atoms with van der Waals surface area (Å²) in [5.41, 5.74) is -0.166. The van der Waals surface area contributed by atoms with E-state index in [1.165, 1.54) is 55.8 Å². The summed E-state index contributed by atoms with van der Waals surface area (Å²) in [5, 5.41) is 13.6. The van der Waals surface area contributed by atoms with Crippen molar-refractivity contribution in [2.45, 2.75) is 122 Å². The minimum absolute atomic E-state index is 0.00785. The van der Waals surface area contributed by atoms with Crippen LogP contribution in [-0.4, -0.2) is 38.9 Å². The fourth-order valence-electron chi connectivity index (χ4n) is 10.3. The Hall–Kier alpha value is -0.0505. The number of benzene rings is 1. The number of halogens is 1. The van der Waals surface area contributed by atoms with Crippen molar-refractivity contribution in [2.24, 2.45) is 46.3 Å². The SMILES string of the molecule is CO[C@H]1CC[C@]2(C)[C@H]3CC[C@]4(C)[C@@H]([C@H](C)CCCC(C)C)CC[C@H]4[C@@H]3C[C@@H]([Se]c3ccc(Cl)cc3)[C@@]2(O)C1. The predicted octanol–water partition coefficient (Wildman–Crippen LogP) is 8.32. The first-order valence-electron chi connectivity index (χ1n) is 15.7. The molecule has 2 nitrogen and oxygen atoms in total. The van der Waals surface area contributed by atoms with Crippen LogP contribution in [0.4, 0.5) is 0 Å². The molecular weight excluding hydrogens is 555 g/mol. The van der Waals surface area contributed by atoms with E-state index >= 15 is 0 Å². The molecule has 214 valence electrons. The molecule has 4 aliphatic rings. The molecule has 0 aromatic heterocycles. The first kappa shape index (κ1) is 29.4. The van der Waals surface area contributed by atoms with E-state index in [0.29, 0.717) is 16.1 Å². The average Bonchev–Trinajstić information content (AvgIpc) is 3.23. The molecule has 38 heavy (non-hydrogen) atoms. The van der Waals surface area contributed by atoms with E-state index in [0.717, 1.165) is 53.9 Å². The van der Waals surface area contributed by atoms with Crippen molar-refractivity contribution in [1.29, 1.82) is 0 Å². The monoisotopic (exact) mass is 608 g/mol. The van der Waals surface area contributed by atoms with Crippen molar-refractivity contribution in [3.05, 3.63) is 29.3 Å². The number of hydrogen-bond donors (Lipinski definition) is 1. The first-order valence-corrected chi connectivity index (χ1v) is 17.9. The molecule has 0 saturated heterocycles. The van der Waals surface area contributed by atoms with Gasteiger partial charge in [0.1, 0.15) is 0 Å². The van der Waals surface area contributed by atoms with Crippen LogP contribution in [0.3, 0.4) is 0 Å². The fourth-order valence-corrected chi connectivity index (χ4v) is 13.5. The molecular formula is C34H53ClO2Se. The summed E-state index contributed by atoms with van der Waals surface area (Å²) in [5.74, 6) is 4.75. The number of fused-ring (bicyclic) bond motifs is 5. The van der Waals surface area contributed by atoms with Gasteiger partial charge in [-0.05, 0) is 0 Å². The fraction of sp³-hybridized carbons (Fsp3) is 0.824. The van der Waals surface area contributed by atoms with E-state index in [9.17, 15) is 5.11 Å². The molecule has 0 amide bonds. The van der Waals surface area contributed by atoms with Gasteiger partial charge in [-0.2, -0.15) is 0 Å². The molecule has 4 heteroatoms. The van der Waals surface area contributed by atoms with Gasteiger partial charge in [-0.1, -0.05) is 0 Å². The number of methoxy groups -OCH3 is 1. The van der Waals surface area contributed by atoms with Gasteiger partial charge in [0, 0.05) is 0 Å².